The van der Waals surface area contributed by atoms with Gasteiger partial charge in [-0.1, -0.05) is 31.2 Å². The van der Waals surface area contributed by atoms with E-state index >= 15 is 0 Å². The normalized spacial score (nSPS) is 10.3. The molecular weight excluding hydrogens is 302 g/mol. The summed E-state index contributed by atoms with van der Waals surface area (Å²) in [5.41, 5.74) is 3.19. The Morgan fingerprint density at radius 3 is 2.33 bits per heavy atom. The lowest BCUT2D eigenvalue weighted by Crippen LogP contribution is -2.12. The summed E-state index contributed by atoms with van der Waals surface area (Å²) in [6.07, 6.45) is 2.20. The van der Waals surface area contributed by atoms with Gasteiger partial charge in [0, 0.05) is 18.2 Å². The predicted molar refractivity (Wildman–Crippen MR) is 96.9 cm³/mol. The number of amides is 1. The minimum Gasteiger partial charge on any atom is -0.493 e. The zero-order valence-corrected chi connectivity index (χ0v) is 14.6. The highest BCUT2D eigenvalue weighted by Gasteiger charge is 2.08. The number of carbonyl (C=O) groups is 1. The predicted octanol–water partition coefficient (Wildman–Crippen LogP) is 4.23. The van der Waals surface area contributed by atoms with Crippen LogP contribution in [-0.2, 0) is 17.6 Å². The van der Waals surface area contributed by atoms with Crippen molar-refractivity contribution >= 4 is 11.6 Å². The second-order valence-electron chi connectivity index (χ2n) is 5.52. The minimum absolute atomic E-state index is 0.0132. The molecule has 0 aromatic heterocycles. The summed E-state index contributed by atoms with van der Waals surface area (Å²) in [6, 6.07) is 13.8. The average Bonchev–Trinajstić information content (AvgIpc) is 2.62. The molecule has 0 heterocycles. The van der Waals surface area contributed by atoms with Crippen molar-refractivity contribution in [3.63, 3.8) is 0 Å². The van der Waals surface area contributed by atoms with Crippen LogP contribution in [-0.4, -0.2) is 19.6 Å². The molecule has 0 aliphatic carbocycles. The number of ether oxygens (including phenoxy) is 2. The molecule has 2 aromatic carbocycles. The molecule has 0 saturated carbocycles. The molecule has 1 N–H and O–H groups in total. The Kier molecular flexibility index (Phi) is 6.67. The van der Waals surface area contributed by atoms with Gasteiger partial charge in [0.25, 0.3) is 0 Å². The van der Waals surface area contributed by atoms with Gasteiger partial charge in [0.2, 0.25) is 5.91 Å². The SMILES string of the molecule is CCOc1ccc(NC(=O)CCc2ccc(CC)cc2)cc1OC. The molecule has 0 saturated heterocycles. The van der Waals surface area contributed by atoms with Crippen molar-refractivity contribution in [1.82, 2.24) is 0 Å². The Bertz CT molecular complexity index is 665. The van der Waals surface area contributed by atoms with Gasteiger partial charge in [0.05, 0.1) is 13.7 Å². The highest BCUT2D eigenvalue weighted by molar-refractivity contribution is 5.91. The van der Waals surface area contributed by atoms with Gasteiger partial charge in [0.15, 0.2) is 11.5 Å². The largest absolute Gasteiger partial charge is 0.493 e. The molecule has 0 radical (unpaired) electrons. The second kappa shape index (κ2) is 8.96. The van der Waals surface area contributed by atoms with Crippen molar-refractivity contribution in [1.29, 1.82) is 0 Å². The van der Waals surface area contributed by atoms with Gasteiger partial charge in [-0.2, -0.15) is 0 Å². The molecule has 0 aliphatic heterocycles. The van der Waals surface area contributed by atoms with Gasteiger partial charge in [-0.25, -0.2) is 0 Å². The molecule has 0 bridgehead atoms. The summed E-state index contributed by atoms with van der Waals surface area (Å²) < 4.78 is 10.8. The maximum atomic E-state index is 12.1. The van der Waals surface area contributed by atoms with Crippen molar-refractivity contribution < 1.29 is 14.3 Å². The molecular formula is C20H25NO3. The van der Waals surface area contributed by atoms with E-state index in [1.165, 1.54) is 11.1 Å². The summed E-state index contributed by atoms with van der Waals surface area (Å²) in [4.78, 5) is 12.1. The molecule has 4 nitrogen and oxygen atoms in total. The number of hydrogen-bond donors (Lipinski definition) is 1. The Balaban J connectivity index is 1.91. The molecule has 1 amide bonds. The number of nitrogens with one attached hydrogen (secondary N) is 1. The lowest BCUT2D eigenvalue weighted by Gasteiger charge is -2.12. The van der Waals surface area contributed by atoms with E-state index in [1.54, 1.807) is 19.2 Å². The first-order valence-electron chi connectivity index (χ1n) is 8.34. The van der Waals surface area contributed by atoms with Crippen LogP contribution in [0, 0.1) is 0 Å². The fourth-order valence-corrected chi connectivity index (χ4v) is 2.44. The minimum atomic E-state index is -0.0132. The number of aryl methyl sites for hydroxylation is 2. The fraction of sp³-hybridized carbons (Fsp3) is 0.350. The first-order chi connectivity index (χ1) is 11.7. The van der Waals surface area contributed by atoms with E-state index in [4.69, 9.17) is 9.47 Å². The van der Waals surface area contributed by atoms with Crippen LogP contribution in [0.3, 0.4) is 0 Å². The van der Waals surface area contributed by atoms with Gasteiger partial charge in [-0.15, -0.1) is 0 Å². The van der Waals surface area contributed by atoms with Gasteiger partial charge in [0.1, 0.15) is 0 Å². The van der Waals surface area contributed by atoms with E-state index in [-0.39, 0.29) is 5.91 Å². The van der Waals surface area contributed by atoms with Gasteiger partial charge in [-0.05, 0) is 43.0 Å². The van der Waals surface area contributed by atoms with E-state index in [9.17, 15) is 4.79 Å². The summed E-state index contributed by atoms with van der Waals surface area (Å²) >= 11 is 0. The highest BCUT2D eigenvalue weighted by atomic mass is 16.5. The molecule has 0 unspecified atom stereocenters. The number of hydrogen-bond acceptors (Lipinski definition) is 3. The third-order valence-electron chi connectivity index (χ3n) is 3.82. The summed E-state index contributed by atoms with van der Waals surface area (Å²) in [5, 5.41) is 2.90. The molecule has 0 spiro atoms. The molecule has 0 fully saturated rings. The summed E-state index contributed by atoms with van der Waals surface area (Å²) in [6.45, 7) is 4.62. The maximum absolute atomic E-state index is 12.1. The van der Waals surface area contributed by atoms with Crippen LogP contribution in [0.4, 0.5) is 5.69 Å². The van der Waals surface area contributed by atoms with Crippen molar-refractivity contribution in [2.75, 3.05) is 19.0 Å². The van der Waals surface area contributed by atoms with Crippen LogP contribution in [0.15, 0.2) is 42.5 Å². The summed E-state index contributed by atoms with van der Waals surface area (Å²) in [7, 11) is 1.59. The van der Waals surface area contributed by atoms with Gasteiger partial charge < -0.3 is 14.8 Å². The van der Waals surface area contributed by atoms with Crippen LogP contribution < -0.4 is 14.8 Å². The molecule has 4 heteroatoms. The first kappa shape index (κ1) is 17.9. The molecule has 2 aromatic rings. The number of anilines is 1. The molecule has 0 atom stereocenters. The second-order valence-corrected chi connectivity index (χ2v) is 5.52. The number of benzene rings is 2. The smallest absolute Gasteiger partial charge is 0.224 e. The number of rotatable bonds is 8. The molecule has 2 rings (SSSR count). The topological polar surface area (TPSA) is 47.6 Å². The first-order valence-corrected chi connectivity index (χ1v) is 8.34. The van der Waals surface area contributed by atoms with Crippen molar-refractivity contribution in [2.45, 2.75) is 33.1 Å². The Labute approximate surface area is 143 Å². The van der Waals surface area contributed by atoms with Gasteiger partial charge in [-0.3, -0.25) is 4.79 Å². The zero-order valence-electron chi connectivity index (χ0n) is 14.6. The van der Waals surface area contributed by atoms with Crippen molar-refractivity contribution in [2.24, 2.45) is 0 Å². The van der Waals surface area contributed by atoms with Crippen LogP contribution in [0.25, 0.3) is 0 Å². The number of methoxy groups -OCH3 is 1. The van der Waals surface area contributed by atoms with E-state index in [0.29, 0.717) is 30.2 Å². The van der Waals surface area contributed by atoms with E-state index in [2.05, 4.69) is 36.5 Å². The standard InChI is InChI=1S/C20H25NO3/c1-4-15-6-8-16(9-7-15)10-13-20(22)21-17-11-12-18(24-5-2)19(14-17)23-3/h6-9,11-12,14H,4-5,10,13H2,1-3H3,(H,21,22). The van der Waals surface area contributed by atoms with Crippen LogP contribution in [0.1, 0.15) is 31.4 Å². The average molecular weight is 327 g/mol. The van der Waals surface area contributed by atoms with Crippen LogP contribution in [0.2, 0.25) is 0 Å². The van der Waals surface area contributed by atoms with Crippen LogP contribution in [0.5, 0.6) is 11.5 Å². The monoisotopic (exact) mass is 327 g/mol. The van der Waals surface area contributed by atoms with Crippen molar-refractivity contribution in [3.8, 4) is 11.5 Å². The Hall–Kier alpha value is -2.49. The fourth-order valence-electron chi connectivity index (χ4n) is 2.44. The number of carbonyl (C=O) groups excluding carboxylic acids is 1. The Morgan fingerprint density at radius 2 is 1.71 bits per heavy atom. The molecule has 0 aliphatic rings. The van der Waals surface area contributed by atoms with E-state index in [1.807, 2.05) is 13.0 Å². The van der Waals surface area contributed by atoms with Crippen molar-refractivity contribution in [3.05, 3.63) is 53.6 Å². The third kappa shape index (κ3) is 5.01. The quantitative estimate of drug-likeness (QED) is 0.789. The zero-order chi connectivity index (χ0) is 17.4. The Morgan fingerprint density at radius 1 is 1.00 bits per heavy atom. The summed E-state index contributed by atoms with van der Waals surface area (Å²) in [5.74, 6) is 1.28. The molecule has 24 heavy (non-hydrogen) atoms. The van der Waals surface area contributed by atoms with Crippen LogP contribution >= 0.6 is 0 Å². The molecule has 128 valence electrons. The lowest BCUT2D eigenvalue weighted by molar-refractivity contribution is -0.116. The van der Waals surface area contributed by atoms with E-state index < -0.39 is 0 Å². The van der Waals surface area contributed by atoms with E-state index in [0.717, 1.165) is 12.8 Å². The highest BCUT2D eigenvalue weighted by Crippen LogP contribution is 2.30. The third-order valence-corrected chi connectivity index (χ3v) is 3.82. The van der Waals surface area contributed by atoms with Gasteiger partial charge >= 0.3 is 0 Å². The maximum Gasteiger partial charge on any atom is 0.224 e. The lowest BCUT2D eigenvalue weighted by atomic mass is 10.1.